The summed E-state index contributed by atoms with van der Waals surface area (Å²) in [5.74, 6) is -1.65. The van der Waals surface area contributed by atoms with Crippen LogP contribution in [0.3, 0.4) is 0 Å². The van der Waals surface area contributed by atoms with Crippen LogP contribution in [-0.2, 0) is 6.54 Å². The van der Waals surface area contributed by atoms with Crippen molar-refractivity contribution in [3.8, 4) is 5.75 Å². The van der Waals surface area contributed by atoms with Gasteiger partial charge in [0.25, 0.3) is 0 Å². The molecule has 0 aliphatic carbocycles. The Morgan fingerprint density at radius 1 is 1.27 bits per heavy atom. The molecule has 0 atom stereocenters. The number of benzene rings is 1. The Morgan fingerprint density at radius 3 is 2.33 bits per heavy atom. The van der Waals surface area contributed by atoms with Crippen LogP contribution < -0.4 is 16.2 Å². The predicted octanol–water partition coefficient (Wildman–Crippen LogP) is 1.77. The van der Waals surface area contributed by atoms with Gasteiger partial charge in [0.05, 0.1) is 5.69 Å². The molecule has 0 heterocycles. The van der Waals surface area contributed by atoms with Gasteiger partial charge < -0.3 is 16.2 Å². The third-order valence-electron chi connectivity index (χ3n) is 1.62. The molecule has 0 aliphatic rings. The molecule has 0 aromatic heterocycles. The molecule has 0 saturated carbocycles. The second kappa shape index (κ2) is 3.93. The van der Waals surface area contributed by atoms with Gasteiger partial charge in [-0.2, -0.15) is 0 Å². The number of halogens is 4. The lowest BCUT2D eigenvalue weighted by Crippen LogP contribution is -2.18. The van der Waals surface area contributed by atoms with Gasteiger partial charge in [-0.1, -0.05) is 0 Å². The molecular formula is C8H8F4N2O. The molecule has 1 rings (SSSR count). The van der Waals surface area contributed by atoms with Crippen molar-refractivity contribution in [3.05, 3.63) is 23.5 Å². The molecule has 4 N–H and O–H groups in total. The number of nitrogens with two attached hydrogens (primary N) is 2. The Hall–Kier alpha value is -1.50. The molecule has 0 saturated heterocycles. The van der Waals surface area contributed by atoms with E-state index in [0.29, 0.717) is 6.07 Å². The Bertz CT molecular complexity index is 364. The minimum atomic E-state index is -4.90. The minimum Gasteiger partial charge on any atom is -0.403 e. The summed E-state index contributed by atoms with van der Waals surface area (Å²) in [4.78, 5) is 0. The molecule has 0 amide bonds. The lowest BCUT2D eigenvalue weighted by atomic mass is 10.2. The number of anilines is 1. The average molecular weight is 224 g/mol. The van der Waals surface area contributed by atoms with Crippen LogP contribution in [-0.4, -0.2) is 6.36 Å². The first-order valence-electron chi connectivity index (χ1n) is 3.87. The van der Waals surface area contributed by atoms with Crippen molar-refractivity contribution in [3.63, 3.8) is 0 Å². The highest BCUT2D eigenvalue weighted by atomic mass is 19.4. The quantitative estimate of drug-likeness (QED) is 0.594. The second-order valence-electron chi connectivity index (χ2n) is 2.73. The number of rotatable bonds is 2. The van der Waals surface area contributed by atoms with Crippen molar-refractivity contribution >= 4 is 5.69 Å². The Labute approximate surface area is 82.6 Å². The highest BCUT2D eigenvalue weighted by molar-refractivity contribution is 5.54. The highest BCUT2D eigenvalue weighted by Crippen LogP contribution is 2.30. The molecule has 0 spiro atoms. The van der Waals surface area contributed by atoms with Crippen molar-refractivity contribution < 1.29 is 22.3 Å². The fourth-order valence-electron chi connectivity index (χ4n) is 0.988. The first-order chi connectivity index (χ1) is 6.83. The Kier molecular flexibility index (Phi) is 3.04. The molecular weight excluding hydrogens is 216 g/mol. The Morgan fingerprint density at radius 2 is 1.87 bits per heavy atom. The predicted molar refractivity (Wildman–Crippen MR) is 45.4 cm³/mol. The van der Waals surface area contributed by atoms with Gasteiger partial charge in [0.1, 0.15) is 5.82 Å². The Balaban J connectivity index is 3.05. The van der Waals surface area contributed by atoms with Gasteiger partial charge in [-0.05, 0) is 6.07 Å². The van der Waals surface area contributed by atoms with Crippen LogP contribution in [0.15, 0.2) is 12.1 Å². The van der Waals surface area contributed by atoms with E-state index in [4.69, 9.17) is 11.5 Å². The summed E-state index contributed by atoms with van der Waals surface area (Å²) < 4.78 is 52.0. The van der Waals surface area contributed by atoms with E-state index in [1.165, 1.54) is 0 Å². The normalized spacial score (nSPS) is 11.5. The van der Waals surface area contributed by atoms with Crippen LogP contribution in [0.1, 0.15) is 5.56 Å². The first-order valence-corrected chi connectivity index (χ1v) is 3.87. The van der Waals surface area contributed by atoms with Crippen molar-refractivity contribution in [1.82, 2.24) is 0 Å². The second-order valence-corrected chi connectivity index (χ2v) is 2.73. The zero-order chi connectivity index (χ0) is 11.6. The van der Waals surface area contributed by atoms with Crippen LogP contribution in [0, 0.1) is 5.82 Å². The van der Waals surface area contributed by atoms with Crippen molar-refractivity contribution in [2.24, 2.45) is 5.73 Å². The SMILES string of the molecule is NCc1cc(N)c(OC(F)(F)F)cc1F. The first kappa shape index (κ1) is 11.6. The van der Waals surface area contributed by atoms with Crippen LogP contribution in [0.5, 0.6) is 5.75 Å². The fourth-order valence-corrected chi connectivity index (χ4v) is 0.988. The van der Waals surface area contributed by atoms with Crippen molar-refractivity contribution in [2.75, 3.05) is 5.73 Å². The van der Waals surface area contributed by atoms with Gasteiger partial charge in [-0.3, -0.25) is 0 Å². The number of hydrogen-bond donors (Lipinski definition) is 2. The molecule has 0 fully saturated rings. The average Bonchev–Trinajstić information content (AvgIpc) is 2.08. The maximum absolute atomic E-state index is 13.0. The van der Waals surface area contributed by atoms with Gasteiger partial charge in [0, 0.05) is 18.2 Å². The molecule has 84 valence electrons. The highest BCUT2D eigenvalue weighted by Gasteiger charge is 2.32. The fraction of sp³-hybridized carbons (Fsp3) is 0.250. The molecule has 0 bridgehead atoms. The topological polar surface area (TPSA) is 61.3 Å². The van der Waals surface area contributed by atoms with Gasteiger partial charge in [-0.15, -0.1) is 13.2 Å². The van der Waals surface area contributed by atoms with Crippen LogP contribution in [0.2, 0.25) is 0 Å². The molecule has 1 aromatic carbocycles. The summed E-state index contributed by atoms with van der Waals surface area (Å²) in [6.45, 7) is -0.150. The van der Waals surface area contributed by atoms with Gasteiger partial charge in [-0.25, -0.2) is 4.39 Å². The van der Waals surface area contributed by atoms with Crippen molar-refractivity contribution in [1.29, 1.82) is 0 Å². The lowest BCUT2D eigenvalue weighted by molar-refractivity contribution is -0.274. The maximum Gasteiger partial charge on any atom is 0.573 e. The number of hydrogen-bond acceptors (Lipinski definition) is 3. The van der Waals surface area contributed by atoms with E-state index in [0.717, 1.165) is 6.07 Å². The van der Waals surface area contributed by atoms with Crippen molar-refractivity contribution in [2.45, 2.75) is 12.9 Å². The molecule has 0 radical (unpaired) electrons. The third-order valence-corrected chi connectivity index (χ3v) is 1.62. The summed E-state index contributed by atoms with van der Waals surface area (Å²) in [7, 11) is 0. The molecule has 1 aromatic rings. The molecule has 3 nitrogen and oxygen atoms in total. The summed E-state index contributed by atoms with van der Waals surface area (Å²) in [6.07, 6.45) is -4.90. The van der Waals surface area contributed by atoms with Gasteiger partial charge in [0.15, 0.2) is 5.75 Å². The summed E-state index contributed by atoms with van der Waals surface area (Å²) in [5, 5.41) is 0. The van der Waals surface area contributed by atoms with E-state index >= 15 is 0 Å². The zero-order valence-corrected chi connectivity index (χ0v) is 7.44. The number of ether oxygens (including phenoxy) is 1. The molecule has 7 heteroatoms. The van der Waals surface area contributed by atoms with Gasteiger partial charge >= 0.3 is 6.36 Å². The zero-order valence-electron chi connectivity index (χ0n) is 7.44. The standard InChI is InChI=1S/C8H8F4N2O/c9-5-2-7(15-8(10,11)12)6(14)1-4(5)3-13/h1-2H,3,13-14H2. The van der Waals surface area contributed by atoms with E-state index in [2.05, 4.69) is 4.74 Å². The largest absolute Gasteiger partial charge is 0.573 e. The van der Waals surface area contributed by atoms with E-state index < -0.39 is 17.9 Å². The number of alkyl halides is 3. The smallest absolute Gasteiger partial charge is 0.403 e. The van der Waals surface area contributed by atoms with Gasteiger partial charge in [0.2, 0.25) is 0 Å². The van der Waals surface area contributed by atoms with E-state index in [1.54, 1.807) is 0 Å². The van der Waals surface area contributed by atoms with E-state index in [1.807, 2.05) is 0 Å². The molecule has 15 heavy (non-hydrogen) atoms. The monoisotopic (exact) mass is 224 g/mol. The van der Waals surface area contributed by atoms with E-state index in [-0.39, 0.29) is 17.8 Å². The lowest BCUT2D eigenvalue weighted by Gasteiger charge is -2.12. The number of nitrogen functional groups attached to an aromatic ring is 1. The minimum absolute atomic E-state index is 0.0297. The summed E-state index contributed by atoms with van der Waals surface area (Å²) in [5.41, 5.74) is 10.1. The molecule has 0 unspecified atom stereocenters. The molecule has 0 aliphatic heterocycles. The van der Waals surface area contributed by atoms with E-state index in [9.17, 15) is 17.6 Å². The maximum atomic E-state index is 13.0. The van der Waals surface area contributed by atoms with Crippen LogP contribution in [0.25, 0.3) is 0 Å². The van der Waals surface area contributed by atoms with Crippen LogP contribution in [0.4, 0.5) is 23.2 Å². The summed E-state index contributed by atoms with van der Waals surface area (Å²) in [6, 6.07) is 1.57. The van der Waals surface area contributed by atoms with Crippen LogP contribution >= 0.6 is 0 Å². The summed E-state index contributed by atoms with van der Waals surface area (Å²) >= 11 is 0. The third kappa shape index (κ3) is 2.98.